The van der Waals surface area contributed by atoms with Crippen LogP contribution in [-0.2, 0) is 4.79 Å². The highest BCUT2D eigenvalue weighted by atomic mass is 35.5. The molecule has 27 heavy (non-hydrogen) atoms. The van der Waals surface area contributed by atoms with Crippen molar-refractivity contribution in [2.24, 2.45) is 0 Å². The van der Waals surface area contributed by atoms with Gasteiger partial charge in [0.15, 0.2) is 0 Å². The van der Waals surface area contributed by atoms with Gasteiger partial charge >= 0.3 is 0 Å². The highest BCUT2D eigenvalue weighted by Crippen LogP contribution is 2.14. The molecule has 0 saturated heterocycles. The summed E-state index contributed by atoms with van der Waals surface area (Å²) in [7, 11) is 1.49. The van der Waals surface area contributed by atoms with Crippen LogP contribution in [0.3, 0.4) is 0 Å². The summed E-state index contributed by atoms with van der Waals surface area (Å²) in [5, 5.41) is 8.45. The molecule has 3 N–H and O–H groups in total. The molecule has 0 aliphatic rings. The third kappa shape index (κ3) is 4.09. The van der Waals surface area contributed by atoms with Gasteiger partial charge in [-0.15, -0.1) is 0 Å². The number of likely N-dealkylation sites (N-methyl/N-ethyl adjacent to an activating group) is 1. The maximum absolute atomic E-state index is 12.6. The number of aromatic amines is 1. The molecule has 2 amide bonds. The minimum absolute atomic E-state index is 0.0415. The van der Waals surface area contributed by atoms with E-state index >= 15 is 0 Å². The fraction of sp³-hybridized carbons (Fsp3) is 0.105. The number of rotatable bonds is 5. The summed E-state index contributed by atoms with van der Waals surface area (Å²) in [6, 6.07) is 15.7. The van der Waals surface area contributed by atoms with Crippen molar-refractivity contribution in [3.8, 4) is 5.69 Å². The second-order valence-corrected chi connectivity index (χ2v) is 6.19. The summed E-state index contributed by atoms with van der Waals surface area (Å²) in [4.78, 5) is 37.0. The van der Waals surface area contributed by atoms with E-state index in [4.69, 9.17) is 11.6 Å². The fourth-order valence-corrected chi connectivity index (χ4v) is 2.72. The van der Waals surface area contributed by atoms with E-state index < -0.39 is 17.5 Å². The van der Waals surface area contributed by atoms with Gasteiger partial charge in [0.1, 0.15) is 11.7 Å². The molecule has 1 heterocycles. The van der Waals surface area contributed by atoms with Crippen molar-refractivity contribution in [3.05, 3.63) is 87.3 Å². The minimum Gasteiger partial charge on any atom is -0.357 e. The van der Waals surface area contributed by atoms with E-state index in [2.05, 4.69) is 15.7 Å². The Labute approximate surface area is 160 Å². The summed E-state index contributed by atoms with van der Waals surface area (Å²) in [5.74, 6) is -0.939. The van der Waals surface area contributed by atoms with Crippen LogP contribution in [0.25, 0.3) is 5.69 Å². The molecule has 138 valence electrons. The number of hydrogen-bond acceptors (Lipinski definition) is 3. The van der Waals surface area contributed by atoms with Crippen molar-refractivity contribution in [1.29, 1.82) is 0 Å². The van der Waals surface area contributed by atoms with Crippen LogP contribution in [0, 0.1) is 0 Å². The lowest BCUT2D eigenvalue weighted by molar-refractivity contribution is -0.122. The lowest BCUT2D eigenvalue weighted by Gasteiger charge is -2.17. The van der Waals surface area contributed by atoms with Crippen LogP contribution in [0.4, 0.5) is 0 Å². The standard InChI is InChI=1S/C19H17ClN4O3/c1-21-19(27)17(12-5-3-2-4-6-12)22-18(26)15-11-16(25)24(23-15)14-9-7-13(20)8-10-14/h2-11,17,23H,1H3,(H,21,27)(H,22,26). The van der Waals surface area contributed by atoms with E-state index in [0.717, 1.165) is 0 Å². The molecule has 7 nitrogen and oxygen atoms in total. The van der Waals surface area contributed by atoms with E-state index in [1.165, 1.54) is 17.8 Å². The third-order valence-electron chi connectivity index (χ3n) is 3.97. The van der Waals surface area contributed by atoms with Gasteiger partial charge < -0.3 is 10.6 Å². The second kappa shape index (κ2) is 7.92. The summed E-state index contributed by atoms with van der Waals surface area (Å²) in [6.45, 7) is 0. The molecule has 1 aromatic heterocycles. The number of hydrogen-bond donors (Lipinski definition) is 3. The average Bonchev–Trinajstić information content (AvgIpc) is 3.08. The molecule has 0 spiro atoms. The zero-order valence-corrected chi connectivity index (χ0v) is 15.2. The van der Waals surface area contributed by atoms with Crippen LogP contribution < -0.4 is 16.2 Å². The minimum atomic E-state index is -0.883. The van der Waals surface area contributed by atoms with Gasteiger partial charge in [-0.2, -0.15) is 0 Å². The van der Waals surface area contributed by atoms with Gasteiger partial charge in [0.25, 0.3) is 11.5 Å². The molecule has 0 fully saturated rings. The van der Waals surface area contributed by atoms with E-state index in [1.807, 2.05) is 6.07 Å². The lowest BCUT2D eigenvalue weighted by atomic mass is 10.1. The maximum Gasteiger partial charge on any atom is 0.271 e. The highest BCUT2D eigenvalue weighted by Gasteiger charge is 2.23. The van der Waals surface area contributed by atoms with Crippen molar-refractivity contribution in [2.45, 2.75) is 6.04 Å². The molecule has 0 aliphatic heterocycles. The molecule has 0 saturated carbocycles. The largest absolute Gasteiger partial charge is 0.357 e. The quantitative estimate of drug-likeness (QED) is 0.628. The van der Waals surface area contributed by atoms with Crippen LogP contribution in [0.15, 0.2) is 65.5 Å². The van der Waals surface area contributed by atoms with Gasteiger partial charge in [0.05, 0.1) is 5.69 Å². The second-order valence-electron chi connectivity index (χ2n) is 5.75. The Bertz CT molecular complexity index is 1010. The third-order valence-corrected chi connectivity index (χ3v) is 4.22. The van der Waals surface area contributed by atoms with Gasteiger partial charge in [-0.25, -0.2) is 4.68 Å². The van der Waals surface area contributed by atoms with Crippen molar-refractivity contribution >= 4 is 23.4 Å². The van der Waals surface area contributed by atoms with Crippen LogP contribution in [0.5, 0.6) is 0 Å². The topological polar surface area (TPSA) is 96.0 Å². The zero-order valence-electron chi connectivity index (χ0n) is 14.4. The van der Waals surface area contributed by atoms with Crippen LogP contribution in [0.2, 0.25) is 5.02 Å². The van der Waals surface area contributed by atoms with Crippen molar-refractivity contribution in [2.75, 3.05) is 7.05 Å². The van der Waals surface area contributed by atoms with Gasteiger partial charge in [-0.1, -0.05) is 41.9 Å². The Hall–Kier alpha value is -3.32. The maximum atomic E-state index is 12.6. The molecule has 0 bridgehead atoms. The smallest absolute Gasteiger partial charge is 0.271 e. The Kier molecular flexibility index (Phi) is 5.42. The first kappa shape index (κ1) is 18.5. The van der Waals surface area contributed by atoms with Crippen molar-refractivity contribution in [1.82, 2.24) is 20.4 Å². The first-order valence-corrected chi connectivity index (χ1v) is 8.53. The molecule has 3 rings (SSSR count). The van der Waals surface area contributed by atoms with Gasteiger partial charge in [0.2, 0.25) is 5.91 Å². The number of nitrogens with one attached hydrogen (secondary N) is 3. The monoisotopic (exact) mass is 384 g/mol. The number of nitrogens with zero attached hydrogens (tertiary/aromatic N) is 1. The van der Waals surface area contributed by atoms with Crippen LogP contribution in [-0.4, -0.2) is 28.6 Å². The van der Waals surface area contributed by atoms with Crippen molar-refractivity contribution < 1.29 is 9.59 Å². The predicted octanol–water partition coefficient (Wildman–Crippen LogP) is 2.04. The summed E-state index contributed by atoms with van der Waals surface area (Å²) in [6.07, 6.45) is 0. The molecule has 3 aromatic rings. The van der Waals surface area contributed by atoms with Crippen LogP contribution in [0.1, 0.15) is 22.1 Å². The number of carbonyl (C=O) groups is 2. The molecule has 2 aromatic carbocycles. The van der Waals surface area contributed by atoms with E-state index in [9.17, 15) is 14.4 Å². The number of amides is 2. The normalized spacial score (nSPS) is 11.6. The Morgan fingerprint density at radius 3 is 2.37 bits per heavy atom. The molecule has 0 aliphatic carbocycles. The molecular formula is C19H17ClN4O3. The van der Waals surface area contributed by atoms with E-state index in [-0.39, 0.29) is 11.6 Å². The van der Waals surface area contributed by atoms with Gasteiger partial charge in [0, 0.05) is 18.1 Å². The fourth-order valence-electron chi connectivity index (χ4n) is 2.59. The lowest BCUT2D eigenvalue weighted by Crippen LogP contribution is -2.39. The number of halogens is 1. The first-order chi connectivity index (χ1) is 13.0. The van der Waals surface area contributed by atoms with Gasteiger partial charge in [-0.05, 0) is 29.8 Å². The Balaban J connectivity index is 1.87. The highest BCUT2D eigenvalue weighted by molar-refractivity contribution is 6.30. The number of aromatic nitrogens is 2. The first-order valence-electron chi connectivity index (χ1n) is 8.15. The predicted molar refractivity (Wildman–Crippen MR) is 102 cm³/mol. The Morgan fingerprint density at radius 2 is 1.74 bits per heavy atom. The number of benzene rings is 2. The molecule has 1 unspecified atom stereocenters. The summed E-state index contributed by atoms with van der Waals surface area (Å²) < 4.78 is 1.22. The molecule has 1 atom stereocenters. The van der Waals surface area contributed by atoms with E-state index in [0.29, 0.717) is 16.3 Å². The van der Waals surface area contributed by atoms with Gasteiger partial charge in [-0.3, -0.25) is 19.5 Å². The SMILES string of the molecule is CNC(=O)C(NC(=O)c1cc(=O)n(-c2ccc(Cl)cc2)[nH]1)c1ccccc1. The Morgan fingerprint density at radius 1 is 1.07 bits per heavy atom. The average molecular weight is 385 g/mol. The summed E-state index contributed by atoms with van der Waals surface area (Å²) in [5.41, 5.74) is 0.803. The van der Waals surface area contributed by atoms with E-state index in [1.54, 1.807) is 48.5 Å². The molecule has 8 heteroatoms. The number of H-pyrrole nitrogens is 1. The van der Waals surface area contributed by atoms with Crippen LogP contribution >= 0.6 is 11.6 Å². The zero-order chi connectivity index (χ0) is 19.4. The van der Waals surface area contributed by atoms with Crippen molar-refractivity contribution in [3.63, 3.8) is 0 Å². The number of carbonyl (C=O) groups excluding carboxylic acids is 2. The molecule has 0 radical (unpaired) electrons. The summed E-state index contributed by atoms with van der Waals surface area (Å²) >= 11 is 5.85. The molecular weight excluding hydrogens is 368 g/mol.